The van der Waals surface area contributed by atoms with Gasteiger partial charge in [-0.1, -0.05) is 6.42 Å². The van der Waals surface area contributed by atoms with Crippen molar-refractivity contribution in [1.29, 1.82) is 0 Å². The number of fused-ring (bicyclic) bond motifs is 1. The second-order valence-corrected chi connectivity index (χ2v) is 5.51. The summed E-state index contributed by atoms with van der Waals surface area (Å²) in [7, 11) is 0. The molecule has 2 rings (SSSR count). The van der Waals surface area contributed by atoms with E-state index in [9.17, 15) is 4.79 Å². The second kappa shape index (κ2) is 4.64. The standard InChI is InChI=1S/C10H18N2OS/c1-7(13)4-2-3-5-9-10-8(6-14-9)11-12-10/h8-12H,2-6H2,1H3/t8-,9-,10-/m0/s1. The number of hydrogen-bond donors (Lipinski definition) is 2. The van der Waals surface area contributed by atoms with E-state index >= 15 is 0 Å². The highest BCUT2D eigenvalue weighted by atomic mass is 32.2. The minimum atomic E-state index is 0.324. The van der Waals surface area contributed by atoms with E-state index in [1.165, 1.54) is 18.6 Å². The summed E-state index contributed by atoms with van der Waals surface area (Å²) in [5.74, 6) is 1.57. The summed E-state index contributed by atoms with van der Waals surface area (Å²) < 4.78 is 0. The zero-order valence-corrected chi connectivity index (χ0v) is 9.40. The number of Topliss-reactive ketones (excluding diaryl/α,β-unsaturated/α-hetero) is 1. The number of carbonyl (C=O) groups excluding carboxylic acids is 1. The van der Waals surface area contributed by atoms with Crippen LogP contribution in [0.1, 0.15) is 32.6 Å². The Balaban J connectivity index is 1.59. The molecule has 2 saturated heterocycles. The molecule has 0 saturated carbocycles. The van der Waals surface area contributed by atoms with Crippen LogP contribution in [0.25, 0.3) is 0 Å². The normalized spacial score (nSPS) is 35.1. The van der Waals surface area contributed by atoms with Gasteiger partial charge in [-0.05, 0) is 19.8 Å². The van der Waals surface area contributed by atoms with Crippen LogP contribution < -0.4 is 10.9 Å². The third-order valence-corrected chi connectivity index (χ3v) is 4.54. The summed E-state index contributed by atoms with van der Waals surface area (Å²) in [4.78, 5) is 10.7. The van der Waals surface area contributed by atoms with Crippen molar-refractivity contribution >= 4 is 17.5 Å². The lowest BCUT2D eigenvalue weighted by atomic mass is 9.99. The Morgan fingerprint density at radius 3 is 2.86 bits per heavy atom. The van der Waals surface area contributed by atoms with Gasteiger partial charge in [-0.25, -0.2) is 0 Å². The zero-order chi connectivity index (χ0) is 9.97. The minimum Gasteiger partial charge on any atom is -0.300 e. The summed E-state index contributed by atoms with van der Waals surface area (Å²) in [6.07, 6.45) is 4.28. The lowest BCUT2D eigenvalue weighted by Gasteiger charge is -2.36. The summed E-state index contributed by atoms with van der Waals surface area (Å²) in [5, 5.41) is 0.771. The summed E-state index contributed by atoms with van der Waals surface area (Å²) in [6, 6.07) is 1.40. The molecular weight excluding hydrogens is 196 g/mol. The summed E-state index contributed by atoms with van der Waals surface area (Å²) >= 11 is 2.07. The van der Waals surface area contributed by atoms with Crippen LogP contribution in [0.15, 0.2) is 0 Å². The topological polar surface area (TPSA) is 41.1 Å². The van der Waals surface area contributed by atoms with Gasteiger partial charge in [0, 0.05) is 23.5 Å². The Labute approximate surface area is 89.4 Å². The zero-order valence-electron chi connectivity index (χ0n) is 8.58. The Morgan fingerprint density at radius 1 is 1.43 bits per heavy atom. The van der Waals surface area contributed by atoms with Crippen LogP contribution in [-0.4, -0.2) is 28.9 Å². The van der Waals surface area contributed by atoms with E-state index in [0.29, 0.717) is 17.9 Å². The molecule has 2 aliphatic rings. The van der Waals surface area contributed by atoms with Crippen molar-refractivity contribution in [2.24, 2.45) is 0 Å². The highest BCUT2D eigenvalue weighted by Gasteiger charge is 2.42. The van der Waals surface area contributed by atoms with Gasteiger partial charge < -0.3 is 4.79 Å². The van der Waals surface area contributed by atoms with Crippen molar-refractivity contribution in [2.75, 3.05) is 5.75 Å². The van der Waals surface area contributed by atoms with Gasteiger partial charge in [0.2, 0.25) is 0 Å². The molecule has 0 unspecified atom stereocenters. The van der Waals surface area contributed by atoms with Crippen LogP contribution in [0.4, 0.5) is 0 Å². The fraction of sp³-hybridized carbons (Fsp3) is 0.900. The quantitative estimate of drug-likeness (QED) is 0.672. The first-order valence-electron chi connectivity index (χ1n) is 5.39. The fourth-order valence-corrected chi connectivity index (χ4v) is 3.65. The molecule has 2 heterocycles. The summed E-state index contributed by atoms with van der Waals surface area (Å²) in [6.45, 7) is 1.68. The molecule has 0 radical (unpaired) electrons. The van der Waals surface area contributed by atoms with Crippen LogP contribution in [0.3, 0.4) is 0 Å². The number of hydrazine groups is 1. The molecule has 3 nitrogen and oxygen atoms in total. The van der Waals surface area contributed by atoms with Crippen LogP contribution in [-0.2, 0) is 4.79 Å². The fourth-order valence-electron chi connectivity index (χ4n) is 2.11. The Bertz CT molecular complexity index is 222. The number of rotatable bonds is 5. The molecule has 0 amide bonds. The van der Waals surface area contributed by atoms with E-state index in [1.54, 1.807) is 6.92 Å². The first kappa shape index (κ1) is 10.5. The lowest BCUT2D eigenvalue weighted by Crippen LogP contribution is -2.68. The van der Waals surface area contributed by atoms with Gasteiger partial charge in [-0.3, -0.25) is 10.9 Å². The van der Waals surface area contributed by atoms with E-state index in [1.807, 2.05) is 0 Å². The summed E-state index contributed by atoms with van der Waals surface area (Å²) in [5.41, 5.74) is 6.49. The Kier molecular flexibility index (Phi) is 3.47. The maximum atomic E-state index is 10.7. The van der Waals surface area contributed by atoms with Gasteiger partial charge in [-0.2, -0.15) is 11.8 Å². The molecule has 0 spiro atoms. The van der Waals surface area contributed by atoms with Crippen LogP contribution in [0.5, 0.6) is 0 Å². The SMILES string of the molecule is CC(=O)CCCC[C@@H]1SC[C@@H]2NN[C@@H]21. The number of carbonyl (C=O) groups is 1. The van der Waals surface area contributed by atoms with Crippen molar-refractivity contribution in [2.45, 2.75) is 49.9 Å². The van der Waals surface area contributed by atoms with Gasteiger partial charge in [0.25, 0.3) is 0 Å². The van der Waals surface area contributed by atoms with Crippen molar-refractivity contribution in [3.63, 3.8) is 0 Å². The van der Waals surface area contributed by atoms with Gasteiger partial charge in [0.15, 0.2) is 0 Å². The maximum absolute atomic E-state index is 10.7. The molecule has 2 fully saturated rings. The Morgan fingerprint density at radius 2 is 2.29 bits per heavy atom. The van der Waals surface area contributed by atoms with Crippen molar-refractivity contribution in [1.82, 2.24) is 10.9 Å². The first-order valence-corrected chi connectivity index (χ1v) is 6.44. The largest absolute Gasteiger partial charge is 0.300 e. The highest BCUT2D eigenvalue weighted by Crippen LogP contribution is 2.33. The monoisotopic (exact) mass is 214 g/mol. The predicted molar refractivity (Wildman–Crippen MR) is 59.2 cm³/mol. The minimum absolute atomic E-state index is 0.324. The van der Waals surface area contributed by atoms with Gasteiger partial charge in [-0.15, -0.1) is 0 Å². The molecule has 2 aliphatic heterocycles. The molecule has 0 aromatic rings. The van der Waals surface area contributed by atoms with Crippen LogP contribution in [0.2, 0.25) is 0 Å². The van der Waals surface area contributed by atoms with Crippen molar-refractivity contribution in [3.05, 3.63) is 0 Å². The van der Waals surface area contributed by atoms with Crippen molar-refractivity contribution in [3.8, 4) is 0 Å². The molecule has 0 aromatic heterocycles. The smallest absolute Gasteiger partial charge is 0.129 e. The predicted octanol–water partition coefficient (Wildman–Crippen LogP) is 1.10. The van der Waals surface area contributed by atoms with Gasteiger partial charge in [0.05, 0.1) is 6.04 Å². The van der Waals surface area contributed by atoms with Gasteiger partial charge in [0.1, 0.15) is 5.78 Å². The molecular formula is C10H18N2OS. The highest BCUT2D eigenvalue weighted by molar-refractivity contribution is 8.00. The number of hydrogen-bond acceptors (Lipinski definition) is 4. The maximum Gasteiger partial charge on any atom is 0.129 e. The van der Waals surface area contributed by atoms with E-state index in [2.05, 4.69) is 22.6 Å². The average Bonchev–Trinajstić information content (AvgIpc) is 2.35. The number of nitrogens with one attached hydrogen (secondary N) is 2. The van der Waals surface area contributed by atoms with Gasteiger partial charge >= 0.3 is 0 Å². The Hall–Kier alpha value is -0.0600. The van der Waals surface area contributed by atoms with E-state index < -0.39 is 0 Å². The molecule has 0 bridgehead atoms. The molecule has 0 aliphatic carbocycles. The molecule has 80 valence electrons. The van der Waals surface area contributed by atoms with E-state index in [-0.39, 0.29) is 0 Å². The number of ketones is 1. The average molecular weight is 214 g/mol. The van der Waals surface area contributed by atoms with E-state index in [4.69, 9.17) is 0 Å². The molecule has 14 heavy (non-hydrogen) atoms. The second-order valence-electron chi connectivity index (χ2n) is 4.24. The molecule has 2 N–H and O–H groups in total. The van der Waals surface area contributed by atoms with Crippen molar-refractivity contribution < 1.29 is 4.79 Å². The molecule has 0 aromatic carbocycles. The number of unbranched alkanes of at least 4 members (excludes halogenated alkanes) is 1. The van der Waals surface area contributed by atoms with Crippen LogP contribution >= 0.6 is 11.8 Å². The molecule has 4 heteroatoms. The van der Waals surface area contributed by atoms with Crippen LogP contribution in [0, 0.1) is 0 Å². The van der Waals surface area contributed by atoms with E-state index in [0.717, 1.165) is 18.1 Å². The molecule has 3 atom stereocenters. The number of thioether (sulfide) groups is 1. The first-order chi connectivity index (χ1) is 6.77. The third kappa shape index (κ3) is 2.30. The lowest BCUT2D eigenvalue weighted by molar-refractivity contribution is -0.117. The third-order valence-electron chi connectivity index (χ3n) is 3.03.